The van der Waals surface area contributed by atoms with Crippen LogP contribution in [0.15, 0.2) is 23.7 Å². The summed E-state index contributed by atoms with van der Waals surface area (Å²) in [5, 5.41) is 6.27. The molecule has 2 aromatic rings. The fourth-order valence-corrected chi connectivity index (χ4v) is 2.97. The van der Waals surface area contributed by atoms with Crippen molar-refractivity contribution in [2.24, 2.45) is 0 Å². The molecule has 0 saturated carbocycles. The number of carbonyl (C=O) groups excluding carboxylic acids is 1. The molecule has 1 amide bonds. The van der Waals surface area contributed by atoms with Gasteiger partial charge in [-0.3, -0.25) is 4.79 Å². The van der Waals surface area contributed by atoms with Gasteiger partial charge >= 0.3 is 0 Å². The van der Waals surface area contributed by atoms with Gasteiger partial charge in [0.05, 0.1) is 6.04 Å². The second-order valence-electron chi connectivity index (χ2n) is 3.71. The van der Waals surface area contributed by atoms with Crippen molar-refractivity contribution in [3.63, 3.8) is 0 Å². The monoisotopic (exact) mass is 218 g/mol. The van der Waals surface area contributed by atoms with Gasteiger partial charge in [-0.05, 0) is 23.4 Å². The van der Waals surface area contributed by atoms with Crippen molar-refractivity contribution in [3.8, 4) is 0 Å². The largest absolute Gasteiger partial charge is 0.349 e. The third-order valence-corrected chi connectivity index (χ3v) is 3.67. The molecule has 0 radical (unpaired) electrons. The number of carbonyl (C=O) groups is 1. The average molecular weight is 218 g/mol. The van der Waals surface area contributed by atoms with Crippen LogP contribution in [0.1, 0.15) is 24.4 Å². The molecule has 0 bridgehead atoms. The molecular weight excluding hydrogens is 208 g/mol. The van der Waals surface area contributed by atoms with Gasteiger partial charge in [0.1, 0.15) is 4.83 Å². The van der Waals surface area contributed by atoms with Crippen LogP contribution in [0.2, 0.25) is 0 Å². The summed E-state index contributed by atoms with van der Waals surface area (Å²) in [6.07, 6.45) is 3.34. The Hall–Kier alpha value is -1.42. The van der Waals surface area contributed by atoms with E-state index in [9.17, 15) is 4.79 Å². The average Bonchev–Trinajstić information content (AvgIpc) is 2.83. The number of amides is 1. The fourth-order valence-electron chi connectivity index (χ4n) is 2.00. The van der Waals surface area contributed by atoms with Crippen LogP contribution in [-0.4, -0.2) is 10.9 Å². The van der Waals surface area contributed by atoms with Crippen molar-refractivity contribution in [2.75, 3.05) is 0 Å². The first-order chi connectivity index (χ1) is 7.34. The summed E-state index contributed by atoms with van der Waals surface area (Å²) in [6, 6.07) is 4.20. The Bertz CT molecular complexity index is 520. The first-order valence-electron chi connectivity index (χ1n) is 4.96. The van der Waals surface area contributed by atoms with E-state index in [0.717, 1.165) is 11.3 Å². The third kappa shape index (κ3) is 1.41. The van der Waals surface area contributed by atoms with Crippen LogP contribution < -0.4 is 5.32 Å². The zero-order chi connectivity index (χ0) is 10.3. The van der Waals surface area contributed by atoms with Gasteiger partial charge in [-0.25, -0.2) is 4.98 Å². The van der Waals surface area contributed by atoms with Gasteiger partial charge in [0.15, 0.2) is 0 Å². The zero-order valence-corrected chi connectivity index (χ0v) is 8.88. The molecule has 0 aliphatic carbocycles. The Kier molecular flexibility index (Phi) is 1.95. The van der Waals surface area contributed by atoms with Crippen molar-refractivity contribution in [3.05, 3.63) is 29.3 Å². The first kappa shape index (κ1) is 8.85. The predicted molar refractivity (Wildman–Crippen MR) is 59.7 cm³/mol. The summed E-state index contributed by atoms with van der Waals surface area (Å²) in [6.45, 7) is 0. The minimum atomic E-state index is 0.156. The van der Waals surface area contributed by atoms with Gasteiger partial charge in [0, 0.05) is 18.0 Å². The molecule has 3 heterocycles. The highest BCUT2D eigenvalue weighted by Gasteiger charge is 2.24. The highest BCUT2D eigenvalue weighted by atomic mass is 32.1. The molecule has 0 spiro atoms. The first-order valence-corrected chi connectivity index (χ1v) is 5.84. The molecule has 2 aromatic heterocycles. The van der Waals surface area contributed by atoms with Crippen molar-refractivity contribution in [1.29, 1.82) is 0 Å². The van der Waals surface area contributed by atoms with E-state index in [1.165, 1.54) is 10.9 Å². The Morgan fingerprint density at radius 3 is 3.27 bits per heavy atom. The molecule has 3 rings (SSSR count). The molecule has 4 heteroatoms. The number of nitrogens with one attached hydrogen (secondary N) is 1. The number of thiophene rings is 1. The standard InChI is InChI=1S/C11H10N2OS/c14-10-4-3-9(13-10)8-6-15-11-7(8)2-1-5-12-11/h1-2,5-6,9H,3-4H2,(H,13,14). The lowest BCUT2D eigenvalue weighted by atomic mass is 10.1. The van der Waals surface area contributed by atoms with Gasteiger partial charge in [-0.15, -0.1) is 11.3 Å². The molecule has 1 aliphatic heterocycles. The summed E-state index contributed by atoms with van der Waals surface area (Å²) in [5.41, 5.74) is 1.22. The fraction of sp³-hybridized carbons (Fsp3) is 0.273. The predicted octanol–water partition coefficient (Wildman–Crippen LogP) is 2.25. The summed E-state index contributed by atoms with van der Waals surface area (Å²) in [5.74, 6) is 0.156. The van der Waals surface area contributed by atoms with E-state index >= 15 is 0 Å². The van der Waals surface area contributed by atoms with E-state index < -0.39 is 0 Å². The molecule has 1 unspecified atom stereocenters. The quantitative estimate of drug-likeness (QED) is 0.797. The Morgan fingerprint density at radius 2 is 2.47 bits per heavy atom. The lowest BCUT2D eigenvalue weighted by Crippen LogP contribution is -2.17. The van der Waals surface area contributed by atoms with E-state index in [1.54, 1.807) is 17.5 Å². The van der Waals surface area contributed by atoms with Gasteiger partial charge < -0.3 is 5.32 Å². The Morgan fingerprint density at radius 1 is 1.53 bits per heavy atom. The summed E-state index contributed by atoms with van der Waals surface area (Å²) in [4.78, 5) is 16.5. The number of aromatic nitrogens is 1. The summed E-state index contributed by atoms with van der Waals surface area (Å²) < 4.78 is 0. The van der Waals surface area contributed by atoms with Gasteiger partial charge in [0.2, 0.25) is 5.91 Å². The number of pyridine rings is 1. The molecule has 1 aliphatic rings. The minimum Gasteiger partial charge on any atom is -0.349 e. The molecule has 76 valence electrons. The van der Waals surface area contributed by atoms with Crippen LogP contribution in [0.5, 0.6) is 0 Å². The second-order valence-corrected chi connectivity index (χ2v) is 4.56. The van der Waals surface area contributed by atoms with Gasteiger partial charge in [-0.2, -0.15) is 0 Å². The van der Waals surface area contributed by atoms with E-state index in [-0.39, 0.29) is 11.9 Å². The van der Waals surface area contributed by atoms with Crippen LogP contribution in [0.4, 0.5) is 0 Å². The molecule has 3 nitrogen and oxygen atoms in total. The van der Waals surface area contributed by atoms with E-state index in [2.05, 4.69) is 21.7 Å². The van der Waals surface area contributed by atoms with Crippen molar-refractivity contribution in [2.45, 2.75) is 18.9 Å². The summed E-state index contributed by atoms with van der Waals surface area (Å²) in [7, 11) is 0. The molecular formula is C11H10N2OS. The normalized spacial score (nSPS) is 20.8. The molecule has 1 atom stereocenters. The van der Waals surface area contributed by atoms with Crippen molar-refractivity contribution in [1.82, 2.24) is 10.3 Å². The van der Waals surface area contributed by atoms with Crippen molar-refractivity contribution < 1.29 is 4.79 Å². The molecule has 1 fully saturated rings. The van der Waals surface area contributed by atoms with Crippen LogP contribution >= 0.6 is 11.3 Å². The second kappa shape index (κ2) is 3.31. The SMILES string of the molecule is O=C1CCC(c2csc3ncccc23)N1. The molecule has 1 N–H and O–H groups in total. The maximum Gasteiger partial charge on any atom is 0.220 e. The topological polar surface area (TPSA) is 42.0 Å². The highest BCUT2D eigenvalue weighted by Crippen LogP contribution is 2.33. The number of hydrogen-bond acceptors (Lipinski definition) is 3. The van der Waals surface area contributed by atoms with Crippen LogP contribution in [0, 0.1) is 0 Å². The Balaban J connectivity index is 2.07. The summed E-state index contributed by atoms with van der Waals surface area (Å²) >= 11 is 1.64. The van der Waals surface area contributed by atoms with E-state index in [1.807, 2.05) is 6.07 Å². The van der Waals surface area contributed by atoms with E-state index in [0.29, 0.717) is 6.42 Å². The maximum atomic E-state index is 11.2. The third-order valence-electron chi connectivity index (χ3n) is 2.75. The number of rotatable bonds is 1. The molecule has 15 heavy (non-hydrogen) atoms. The minimum absolute atomic E-state index is 0.156. The lowest BCUT2D eigenvalue weighted by molar-refractivity contribution is -0.119. The number of hydrogen-bond donors (Lipinski definition) is 1. The zero-order valence-electron chi connectivity index (χ0n) is 8.06. The lowest BCUT2D eigenvalue weighted by Gasteiger charge is -2.07. The van der Waals surface area contributed by atoms with E-state index in [4.69, 9.17) is 0 Å². The number of fused-ring (bicyclic) bond motifs is 1. The van der Waals surface area contributed by atoms with Gasteiger partial charge in [0.25, 0.3) is 0 Å². The molecule has 1 saturated heterocycles. The van der Waals surface area contributed by atoms with Crippen LogP contribution in [-0.2, 0) is 4.79 Å². The maximum absolute atomic E-state index is 11.2. The van der Waals surface area contributed by atoms with Crippen LogP contribution in [0.25, 0.3) is 10.2 Å². The smallest absolute Gasteiger partial charge is 0.220 e. The van der Waals surface area contributed by atoms with Gasteiger partial charge in [-0.1, -0.05) is 6.07 Å². The van der Waals surface area contributed by atoms with Crippen LogP contribution in [0.3, 0.4) is 0 Å². The molecule has 0 aromatic carbocycles. The Labute approximate surface area is 91.1 Å². The highest BCUT2D eigenvalue weighted by molar-refractivity contribution is 7.16. The number of nitrogens with zero attached hydrogens (tertiary/aromatic N) is 1. The van der Waals surface area contributed by atoms with Crippen molar-refractivity contribution >= 4 is 27.5 Å².